The lowest BCUT2D eigenvalue weighted by Gasteiger charge is -2.06. The molecule has 0 saturated carbocycles. The van der Waals surface area contributed by atoms with Crippen LogP contribution in [0.15, 0.2) is 34.9 Å². The maximum Gasteiger partial charge on any atom is 0.387 e. The Balaban J connectivity index is 2.52. The third-order valence-corrected chi connectivity index (χ3v) is 2.46. The van der Waals surface area contributed by atoms with Crippen LogP contribution < -0.4 is 4.74 Å². The first-order valence-corrected chi connectivity index (χ1v) is 4.95. The number of halogens is 3. The molecule has 2 rings (SSSR count). The molecule has 0 aliphatic heterocycles. The summed E-state index contributed by atoms with van der Waals surface area (Å²) in [5, 5.41) is 0.752. The number of aromatic nitrogens is 1. The molecule has 2 aromatic rings. The first-order chi connectivity index (χ1) is 7.16. The van der Waals surface area contributed by atoms with Gasteiger partial charge in [0.05, 0.1) is 5.52 Å². The number of ether oxygens (including phenoxy) is 1. The van der Waals surface area contributed by atoms with Gasteiger partial charge in [-0.2, -0.15) is 8.78 Å². The van der Waals surface area contributed by atoms with Gasteiger partial charge in [-0.3, -0.25) is 4.98 Å². The van der Waals surface area contributed by atoms with Crippen molar-refractivity contribution in [3.05, 3.63) is 34.9 Å². The van der Waals surface area contributed by atoms with E-state index >= 15 is 0 Å². The highest BCUT2D eigenvalue weighted by molar-refractivity contribution is 9.10. The van der Waals surface area contributed by atoms with Crippen LogP contribution in [0.25, 0.3) is 10.9 Å². The Hall–Kier alpha value is -1.23. The molecule has 1 aromatic heterocycles. The van der Waals surface area contributed by atoms with Gasteiger partial charge >= 0.3 is 6.61 Å². The first-order valence-electron chi connectivity index (χ1n) is 4.16. The van der Waals surface area contributed by atoms with E-state index in [0.29, 0.717) is 4.47 Å². The van der Waals surface area contributed by atoms with Gasteiger partial charge in [-0.05, 0) is 34.1 Å². The van der Waals surface area contributed by atoms with E-state index in [1.54, 1.807) is 18.3 Å². The zero-order valence-electron chi connectivity index (χ0n) is 7.45. The molecule has 2 nitrogen and oxygen atoms in total. The lowest BCUT2D eigenvalue weighted by molar-refractivity contribution is -0.0497. The summed E-state index contributed by atoms with van der Waals surface area (Å²) in [6.45, 7) is -2.81. The zero-order valence-corrected chi connectivity index (χ0v) is 9.04. The van der Waals surface area contributed by atoms with Crippen molar-refractivity contribution in [2.75, 3.05) is 0 Å². The van der Waals surface area contributed by atoms with E-state index in [4.69, 9.17) is 0 Å². The largest absolute Gasteiger partial charge is 0.435 e. The third-order valence-electron chi connectivity index (χ3n) is 1.86. The van der Waals surface area contributed by atoms with Crippen molar-refractivity contribution < 1.29 is 13.5 Å². The normalized spacial score (nSPS) is 10.9. The zero-order chi connectivity index (χ0) is 10.8. The molecule has 5 heteroatoms. The summed E-state index contributed by atoms with van der Waals surface area (Å²) in [4.78, 5) is 4.11. The summed E-state index contributed by atoms with van der Waals surface area (Å²) in [5.41, 5.74) is 0.721. The second-order valence-electron chi connectivity index (χ2n) is 2.86. The summed E-state index contributed by atoms with van der Waals surface area (Å²) < 4.78 is 28.9. The summed E-state index contributed by atoms with van der Waals surface area (Å²) in [5.74, 6) is 0.123. The maximum absolute atomic E-state index is 12.0. The Bertz CT molecular complexity index is 490. The molecule has 0 aliphatic carbocycles. The predicted molar refractivity (Wildman–Crippen MR) is 56.1 cm³/mol. The molecule has 0 unspecified atom stereocenters. The van der Waals surface area contributed by atoms with Gasteiger partial charge in [-0.15, -0.1) is 0 Å². The molecule has 0 N–H and O–H groups in total. The summed E-state index contributed by atoms with van der Waals surface area (Å²) in [6, 6.07) is 6.52. The van der Waals surface area contributed by atoms with Gasteiger partial charge in [0.15, 0.2) is 0 Å². The van der Waals surface area contributed by atoms with Gasteiger partial charge in [0.2, 0.25) is 0 Å². The number of benzene rings is 1. The van der Waals surface area contributed by atoms with E-state index in [0.717, 1.165) is 10.9 Å². The van der Waals surface area contributed by atoms with Gasteiger partial charge < -0.3 is 4.74 Å². The van der Waals surface area contributed by atoms with Gasteiger partial charge in [0.25, 0.3) is 0 Å². The molecule has 0 spiro atoms. The Morgan fingerprint density at radius 1 is 1.33 bits per heavy atom. The molecular weight excluding hydrogens is 268 g/mol. The molecule has 0 saturated heterocycles. The minimum Gasteiger partial charge on any atom is -0.435 e. The van der Waals surface area contributed by atoms with Crippen molar-refractivity contribution in [1.82, 2.24) is 4.98 Å². The van der Waals surface area contributed by atoms with Crippen LogP contribution in [0.5, 0.6) is 5.75 Å². The monoisotopic (exact) mass is 273 g/mol. The summed E-state index contributed by atoms with van der Waals surface area (Å²) >= 11 is 3.25. The van der Waals surface area contributed by atoms with Crippen molar-refractivity contribution >= 4 is 26.8 Å². The number of hydrogen-bond acceptors (Lipinski definition) is 2. The standard InChI is InChI=1S/C10H6BrF2NO/c11-8-5-7(15-10(12)13)4-6-2-1-3-14-9(6)8/h1-5,10H. The molecule has 0 amide bonds. The van der Waals surface area contributed by atoms with Crippen molar-refractivity contribution in [1.29, 1.82) is 0 Å². The second kappa shape index (κ2) is 4.10. The molecule has 0 fully saturated rings. The lowest BCUT2D eigenvalue weighted by atomic mass is 10.2. The number of alkyl halides is 2. The fraction of sp³-hybridized carbons (Fsp3) is 0.100. The Kier molecular flexibility index (Phi) is 2.81. The van der Waals surface area contributed by atoms with Gasteiger partial charge in [-0.1, -0.05) is 6.07 Å². The molecule has 1 heterocycles. The van der Waals surface area contributed by atoms with Crippen molar-refractivity contribution in [2.45, 2.75) is 6.61 Å². The second-order valence-corrected chi connectivity index (χ2v) is 3.71. The SMILES string of the molecule is FC(F)Oc1cc(Br)c2ncccc2c1. The fourth-order valence-corrected chi connectivity index (χ4v) is 1.85. The van der Waals surface area contributed by atoms with Gasteiger partial charge in [0.1, 0.15) is 5.75 Å². The fourth-order valence-electron chi connectivity index (χ4n) is 1.29. The minimum atomic E-state index is -2.81. The van der Waals surface area contributed by atoms with E-state index < -0.39 is 6.61 Å². The Morgan fingerprint density at radius 2 is 2.13 bits per heavy atom. The number of rotatable bonds is 2. The van der Waals surface area contributed by atoms with Crippen molar-refractivity contribution in [3.63, 3.8) is 0 Å². The average molecular weight is 274 g/mol. The number of hydrogen-bond donors (Lipinski definition) is 0. The van der Waals surface area contributed by atoms with Gasteiger partial charge in [-0.25, -0.2) is 0 Å². The molecule has 0 aliphatic rings. The van der Waals surface area contributed by atoms with Crippen LogP contribution in [0.2, 0.25) is 0 Å². The molecule has 15 heavy (non-hydrogen) atoms. The summed E-state index contributed by atoms with van der Waals surface area (Å²) in [6.07, 6.45) is 1.64. The van der Waals surface area contributed by atoms with Crippen LogP contribution in [0.1, 0.15) is 0 Å². The Morgan fingerprint density at radius 3 is 2.87 bits per heavy atom. The van der Waals surface area contributed by atoms with Crippen molar-refractivity contribution in [2.24, 2.45) is 0 Å². The first kappa shape index (κ1) is 10.3. The van der Waals surface area contributed by atoms with Crippen LogP contribution in [0, 0.1) is 0 Å². The van der Waals surface area contributed by atoms with Crippen LogP contribution in [-0.2, 0) is 0 Å². The molecular formula is C10H6BrF2NO. The highest BCUT2D eigenvalue weighted by atomic mass is 79.9. The van der Waals surface area contributed by atoms with E-state index in [2.05, 4.69) is 25.7 Å². The van der Waals surface area contributed by atoms with Crippen LogP contribution in [-0.4, -0.2) is 11.6 Å². The molecule has 0 radical (unpaired) electrons. The smallest absolute Gasteiger partial charge is 0.387 e. The van der Waals surface area contributed by atoms with E-state index in [9.17, 15) is 8.78 Å². The number of pyridine rings is 1. The third kappa shape index (κ3) is 2.23. The highest BCUT2D eigenvalue weighted by Gasteiger charge is 2.07. The number of fused-ring (bicyclic) bond motifs is 1. The van der Waals surface area contributed by atoms with Crippen LogP contribution in [0.3, 0.4) is 0 Å². The lowest BCUT2D eigenvalue weighted by Crippen LogP contribution is -2.01. The Labute approximate surface area is 93.0 Å². The maximum atomic E-state index is 12.0. The van der Waals surface area contributed by atoms with E-state index in [1.165, 1.54) is 12.1 Å². The molecule has 78 valence electrons. The van der Waals surface area contributed by atoms with Crippen LogP contribution >= 0.6 is 15.9 Å². The molecule has 0 atom stereocenters. The predicted octanol–water partition coefficient (Wildman–Crippen LogP) is 3.60. The average Bonchev–Trinajstić information content (AvgIpc) is 2.16. The summed E-state index contributed by atoms with van der Waals surface area (Å²) in [7, 11) is 0. The topological polar surface area (TPSA) is 22.1 Å². The van der Waals surface area contributed by atoms with Crippen molar-refractivity contribution in [3.8, 4) is 5.75 Å². The van der Waals surface area contributed by atoms with Crippen LogP contribution in [0.4, 0.5) is 8.78 Å². The quantitative estimate of drug-likeness (QED) is 0.834. The molecule has 0 bridgehead atoms. The highest BCUT2D eigenvalue weighted by Crippen LogP contribution is 2.28. The van der Waals surface area contributed by atoms with Gasteiger partial charge in [0, 0.05) is 16.1 Å². The molecule has 1 aromatic carbocycles. The minimum absolute atomic E-state index is 0.123. The van der Waals surface area contributed by atoms with E-state index in [-0.39, 0.29) is 5.75 Å². The van der Waals surface area contributed by atoms with E-state index in [1.807, 2.05) is 0 Å². The number of nitrogens with zero attached hydrogens (tertiary/aromatic N) is 1.